The highest BCUT2D eigenvalue weighted by Crippen LogP contribution is 2.25. The van der Waals surface area contributed by atoms with Crippen LogP contribution in [0.4, 0.5) is 0 Å². The molecule has 4 rings (SSSR count). The van der Waals surface area contributed by atoms with Crippen LogP contribution in [0, 0.1) is 0 Å². The van der Waals surface area contributed by atoms with Crippen molar-refractivity contribution in [3.05, 3.63) is 78.4 Å². The Labute approximate surface area is 182 Å². The minimum Gasteiger partial charge on any atom is -0.488 e. The zero-order valence-corrected chi connectivity index (χ0v) is 17.6. The van der Waals surface area contributed by atoms with Crippen molar-refractivity contribution in [1.82, 2.24) is 9.55 Å². The van der Waals surface area contributed by atoms with E-state index in [1.165, 1.54) is 0 Å². The molecule has 0 saturated carbocycles. The zero-order chi connectivity index (χ0) is 21.6. The van der Waals surface area contributed by atoms with Gasteiger partial charge in [-0.15, -0.1) is 0 Å². The Hall–Kier alpha value is -2.93. The molecule has 1 aromatic heterocycles. The second-order valence-corrected chi connectivity index (χ2v) is 7.73. The van der Waals surface area contributed by atoms with Gasteiger partial charge in [0.15, 0.2) is 0 Å². The summed E-state index contributed by atoms with van der Waals surface area (Å²) in [7, 11) is 0. The lowest BCUT2D eigenvalue weighted by Gasteiger charge is -2.16. The summed E-state index contributed by atoms with van der Waals surface area (Å²) in [4.78, 5) is 4.17. The number of imidazole rings is 1. The quantitative estimate of drug-likeness (QED) is 0.576. The fraction of sp³-hybridized carbons (Fsp3) is 0.320. The number of aliphatic hydroxyl groups is 2. The van der Waals surface area contributed by atoms with Crippen molar-refractivity contribution in [2.45, 2.75) is 31.6 Å². The molecule has 3 aromatic rings. The van der Waals surface area contributed by atoms with Gasteiger partial charge in [0.05, 0.1) is 25.9 Å². The standard InChI is InChI=1S/C25H28N2O4/c1-18(29)25-26-13-14-27(25)22(16-28)9-4-19-2-5-20(6-3-19)21-7-10-23(11-8-21)31-24-12-15-30-17-24/h2-11,13-14,18,22,24,28-29H,12,15-17H2,1H3/b9-4+/t18-,22-,24?/m0/s1. The summed E-state index contributed by atoms with van der Waals surface area (Å²) in [5, 5.41) is 19.6. The van der Waals surface area contributed by atoms with Crippen LogP contribution in [0.15, 0.2) is 67.0 Å². The van der Waals surface area contributed by atoms with Gasteiger partial charge in [-0.2, -0.15) is 0 Å². The van der Waals surface area contributed by atoms with E-state index in [2.05, 4.69) is 29.2 Å². The molecular formula is C25H28N2O4. The molecule has 1 fully saturated rings. The predicted molar refractivity (Wildman–Crippen MR) is 120 cm³/mol. The van der Waals surface area contributed by atoms with Crippen LogP contribution >= 0.6 is 0 Å². The molecule has 31 heavy (non-hydrogen) atoms. The van der Waals surface area contributed by atoms with Crippen molar-refractivity contribution in [3.8, 4) is 16.9 Å². The van der Waals surface area contributed by atoms with Crippen LogP contribution in [0.2, 0.25) is 0 Å². The van der Waals surface area contributed by atoms with E-state index in [-0.39, 0.29) is 18.8 Å². The Bertz CT molecular complexity index is 987. The second-order valence-electron chi connectivity index (χ2n) is 7.73. The number of benzene rings is 2. The van der Waals surface area contributed by atoms with Gasteiger partial charge in [-0.05, 0) is 35.7 Å². The van der Waals surface area contributed by atoms with E-state index in [0.717, 1.165) is 35.5 Å². The van der Waals surface area contributed by atoms with Gasteiger partial charge in [0.2, 0.25) is 0 Å². The SMILES string of the molecule is C[C@H](O)c1nccn1[C@@H](/C=C/c1ccc(-c2ccc(OC3CCOC3)cc2)cc1)CO. The molecule has 162 valence electrons. The normalized spacial score (nSPS) is 18.4. The number of rotatable bonds is 8. The molecule has 6 nitrogen and oxygen atoms in total. The first-order valence-electron chi connectivity index (χ1n) is 10.6. The van der Waals surface area contributed by atoms with Crippen LogP contribution in [0.1, 0.15) is 36.9 Å². The smallest absolute Gasteiger partial charge is 0.137 e. The third-order valence-corrected chi connectivity index (χ3v) is 5.42. The van der Waals surface area contributed by atoms with E-state index < -0.39 is 6.10 Å². The third kappa shape index (κ3) is 5.22. The molecule has 2 aromatic carbocycles. The maximum Gasteiger partial charge on any atom is 0.137 e. The minimum atomic E-state index is -0.694. The van der Waals surface area contributed by atoms with Gasteiger partial charge in [0.1, 0.15) is 23.8 Å². The summed E-state index contributed by atoms with van der Waals surface area (Å²) in [6.45, 7) is 3.02. The number of ether oxygens (including phenoxy) is 2. The highest BCUT2D eigenvalue weighted by molar-refractivity contribution is 5.66. The summed E-state index contributed by atoms with van der Waals surface area (Å²) in [6, 6.07) is 16.1. The Morgan fingerprint density at radius 2 is 1.87 bits per heavy atom. The first-order chi connectivity index (χ1) is 15.1. The van der Waals surface area contributed by atoms with Crippen LogP contribution in [0.25, 0.3) is 17.2 Å². The molecule has 2 heterocycles. The lowest BCUT2D eigenvalue weighted by Crippen LogP contribution is -2.15. The van der Waals surface area contributed by atoms with E-state index in [1.54, 1.807) is 23.9 Å². The van der Waals surface area contributed by atoms with E-state index in [0.29, 0.717) is 12.4 Å². The summed E-state index contributed by atoms with van der Waals surface area (Å²) in [6.07, 6.45) is 7.68. The maximum atomic E-state index is 9.85. The monoisotopic (exact) mass is 420 g/mol. The van der Waals surface area contributed by atoms with Crippen LogP contribution in [0.5, 0.6) is 5.75 Å². The van der Waals surface area contributed by atoms with Gasteiger partial charge < -0.3 is 24.3 Å². The Morgan fingerprint density at radius 3 is 2.48 bits per heavy atom. The molecule has 3 atom stereocenters. The largest absolute Gasteiger partial charge is 0.488 e. The molecule has 0 amide bonds. The van der Waals surface area contributed by atoms with Crippen molar-refractivity contribution in [2.75, 3.05) is 19.8 Å². The predicted octanol–water partition coefficient (Wildman–Crippen LogP) is 4.02. The van der Waals surface area contributed by atoms with E-state index in [9.17, 15) is 10.2 Å². The van der Waals surface area contributed by atoms with Crippen molar-refractivity contribution in [2.24, 2.45) is 0 Å². The Kier molecular flexibility index (Phi) is 6.82. The first kappa shape index (κ1) is 21.3. The summed E-state index contributed by atoms with van der Waals surface area (Å²) < 4.78 is 13.1. The van der Waals surface area contributed by atoms with Crippen LogP contribution in [0.3, 0.4) is 0 Å². The first-order valence-corrected chi connectivity index (χ1v) is 10.6. The highest BCUT2D eigenvalue weighted by Gasteiger charge is 2.17. The molecular weight excluding hydrogens is 392 g/mol. The molecule has 2 N–H and O–H groups in total. The van der Waals surface area contributed by atoms with Crippen molar-refractivity contribution in [3.63, 3.8) is 0 Å². The second kappa shape index (κ2) is 9.92. The van der Waals surface area contributed by atoms with Crippen molar-refractivity contribution >= 4 is 6.08 Å². The molecule has 1 unspecified atom stereocenters. The van der Waals surface area contributed by atoms with E-state index >= 15 is 0 Å². The molecule has 1 saturated heterocycles. The van der Waals surface area contributed by atoms with Gasteiger partial charge in [0.25, 0.3) is 0 Å². The lowest BCUT2D eigenvalue weighted by molar-refractivity contribution is 0.141. The fourth-order valence-corrected chi connectivity index (χ4v) is 3.70. The topological polar surface area (TPSA) is 76.7 Å². The zero-order valence-electron chi connectivity index (χ0n) is 17.6. The fourth-order valence-electron chi connectivity index (χ4n) is 3.70. The molecule has 0 spiro atoms. The van der Waals surface area contributed by atoms with Crippen LogP contribution in [-0.2, 0) is 4.74 Å². The lowest BCUT2D eigenvalue weighted by atomic mass is 10.0. The van der Waals surface area contributed by atoms with Crippen molar-refractivity contribution in [1.29, 1.82) is 0 Å². The summed E-state index contributed by atoms with van der Waals surface area (Å²) in [5.41, 5.74) is 3.28. The van der Waals surface area contributed by atoms with Gasteiger partial charge >= 0.3 is 0 Å². The molecule has 0 bridgehead atoms. The van der Waals surface area contributed by atoms with E-state index in [1.807, 2.05) is 36.4 Å². The number of aliphatic hydroxyl groups excluding tert-OH is 2. The number of aromatic nitrogens is 2. The maximum absolute atomic E-state index is 9.85. The molecule has 6 heteroatoms. The Morgan fingerprint density at radius 1 is 1.16 bits per heavy atom. The molecule has 0 radical (unpaired) electrons. The number of hydrogen-bond acceptors (Lipinski definition) is 5. The Balaban J connectivity index is 1.42. The van der Waals surface area contributed by atoms with Gasteiger partial charge in [0, 0.05) is 18.8 Å². The summed E-state index contributed by atoms with van der Waals surface area (Å²) in [5.74, 6) is 1.40. The molecule has 1 aliphatic heterocycles. The van der Waals surface area contributed by atoms with Gasteiger partial charge in [-0.1, -0.05) is 48.6 Å². The van der Waals surface area contributed by atoms with Crippen LogP contribution in [-0.4, -0.2) is 45.7 Å². The third-order valence-electron chi connectivity index (χ3n) is 5.42. The summed E-state index contributed by atoms with van der Waals surface area (Å²) >= 11 is 0. The van der Waals surface area contributed by atoms with Gasteiger partial charge in [-0.25, -0.2) is 4.98 Å². The molecule has 1 aliphatic rings. The highest BCUT2D eigenvalue weighted by atomic mass is 16.5. The number of nitrogens with zero attached hydrogens (tertiary/aromatic N) is 2. The molecule has 0 aliphatic carbocycles. The number of hydrogen-bond donors (Lipinski definition) is 2. The average molecular weight is 421 g/mol. The minimum absolute atomic E-state index is 0.0773. The van der Waals surface area contributed by atoms with E-state index in [4.69, 9.17) is 9.47 Å². The van der Waals surface area contributed by atoms with Crippen LogP contribution < -0.4 is 4.74 Å². The average Bonchev–Trinajstić information content (AvgIpc) is 3.48. The van der Waals surface area contributed by atoms with Gasteiger partial charge in [-0.3, -0.25) is 0 Å². The van der Waals surface area contributed by atoms with Crippen molar-refractivity contribution < 1.29 is 19.7 Å².